The molecule has 0 fully saturated rings. The van der Waals surface area contributed by atoms with E-state index in [-0.39, 0.29) is 6.04 Å². The number of likely N-dealkylation sites (N-methyl/N-ethyl adjacent to an activating group) is 1. The quantitative estimate of drug-likeness (QED) is 0.488. The second kappa shape index (κ2) is 7.57. The van der Waals surface area contributed by atoms with Gasteiger partial charge in [-0.25, -0.2) is 0 Å². The summed E-state index contributed by atoms with van der Waals surface area (Å²) in [5.74, 6) is -0.447. The molecule has 1 amide bonds. The van der Waals surface area contributed by atoms with Crippen molar-refractivity contribution in [3.05, 3.63) is 12.2 Å². The van der Waals surface area contributed by atoms with Crippen molar-refractivity contribution in [2.24, 2.45) is 5.73 Å². The standard InChI is InChI=1S/C6H12N2O.CH3Cl/c1-4(6(7)9)5(2)8-3;1-2/h5,8H,1H2,2-3H3,(H2,7,9);1H3. The first-order chi connectivity index (χ1) is 5.09. The maximum Gasteiger partial charge on any atom is 0.245 e. The van der Waals surface area contributed by atoms with Gasteiger partial charge in [-0.1, -0.05) is 6.58 Å². The number of carbonyl (C=O) groups excluding carboxylic acids is 1. The van der Waals surface area contributed by atoms with Crippen LogP contribution < -0.4 is 11.1 Å². The van der Waals surface area contributed by atoms with E-state index in [1.54, 1.807) is 7.05 Å². The highest BCUT2D eigenvalue weighted by molar-refractivity contribution is 6.15. The molecule has 0 aliphatic rings. The predicted octanol–water partition coefficient (Wildman–Crippen LogP) is 0.491. The maximum absolute atomic E-state index is 10.4. The van der Waals surface area contributed by atoms with Crippen LogP contribution in [0.1, 0.15) is 6.92 Å². The minimum Gasteiger partial charge on any atom is -0.366 e. The van der Waals surface area contributed by atoms with Gasteiger partial charge in [0.2, 0.25) is 5.91 Å². The van der Waals surface area contributed by atoms with Crippen molar-refractivity contribution in [2.75, 3.05) is 13.4 Å². The molecule has 66 valence electrons. The summed E-state index contributed by atoms with van der Waals surface area (Å²) in [6.45, 7) is 5.31. The van der Waals surface area contributed by atoms with Crippen molar-refractivity contribution < 1.29 is 4.79 Å². The number of nitrogens with one attached hydrogen (secondary N) is 1. The summed E-state index contributed by atoms with van der Waals surface area (Å²) < 4.78 is 0. The molecule has 0 radical (unpaired) electrons. The number of nitrogens with two attached hydrogens (primary N) is 1. The van der Waals surface area contributed by atoms with Crippen molar-refractivity contribution in [3.8, 4) is 0 Å². The van der Waals surface area contributed by atoms with E-state index in [0.29, 0.717) is 5.57 Å². The lowest BCUT2D eigenvalue weighted by Crippen LogP contribution is -2.30. The SMILES string of the molecule is C=C(C(N)=O)C(C)NC.CCl. The average Bonchev–Trinajstić information content (AvgIpc) is 2.05. The monoisotopic (exact) mass is 178 g/mol. The van der Waals surface area contributed by atoms with E-state index < -0.39 is 5.91 Å². The van der Waals surface area contributed by atoms with Gasteiger partial charge in [0.05, 0.1) is 0 Å². The largest absolute Gasteiger partial charge is 0.366 e. The van der Waals surface area contributed by atoms with Crippen LogP contribution in [0.3, 0.4) is 0 Å². The van der Waals surface area contributed by atoms with E-state index >= 15 is 0 Å². The second-order valence-corrected chi connectivity index (χ2v) is 1.90. The molecule has 11 heavy (non-hydrogen) atoms. The molecule has 0 aliphatic carbocycles. The van der Waals surface area contributed by atoms with Gasteiger partial charge in [-0.3, -0.25) is 4.79 Å². The normalized spacial score (nSPS) is 10.9. The molecule has 0 spiro atoms. The van der Waals surface area contributed by atoms with Crippen LogP contribution in [0.4, 0.5) is 0 Å². The Kier molecular flexibility index (Phi) is 9.00. The van der Waals surface area contributed by atoms with Gasteiger partial charge in [0, 0.05) is 18.0 Å². The fourth-order valence-electron chi connectivity index (χ4n) is 0.388. The van der Waals surface area contributed by atoms with Crippen molar-refractivity contribution in [1.82, 2.24) is 5.32 Å². The summed E-state index contributed by atoms with van der Waals surface area (Å²) in [5.41, 5.74) is 5.35. The number of primary amides is 1. The number of amides is 1. The highest BCUT2D eigenvalue weighted by Gasteiger charge is 2.07. The van der Waals surface area contributed by atoms with Gasteiger partial charge < -0.3 is 11.1 Å². The Labute approximate surface area is 72.6 Å². The summed E-state index contributed by atoms with van der Waals surface area (Å²) in [4.78, 5) is 10.4. The number of rotatable bonds is 3. The van der Waals surface area contributed by atoms with Gasteiger partial charge in [-0.2, -0.15) is 0 Å². The molecular formula is C7H15ClN2O. The molecule has 3 nitrogen and oxygen atoms in total. The Morgan fingerprint density at radius 1 is 1.64 bits per heavy atom. The van der Waals surface area contributed by atoms with Crippen LogP contribution in [-0.4, -0.2) is 25.4 Å². The molecule has 0 rings (SSSR count). The Morgan fingerprint density at radius 3 is 2.09 bits per heavy atom. The molecular weight excluding hydrogens is 164 g/mol. The Balaban J connectivity index is 0. The number of hydrogen-bond donors (Lipinski definition) is 2. The van der Waals surface area contributed by atoms with E-state index in [0.717, 1.165) is 0 Å². The smallest absolute Gasteiger partial charge is 0.245 e. The summed E-state index contributed by atoms with van der Waals surface area (Å²) in [5, 5.41) is 2.85. The van der Waals surface area contributed by atoms with Crippen LogP contribution in [-0.2, 0) is 4.79 Å². The van der Waals surface area contributed by atoms with E-state index in [2.05, 4.69) is 23.5 Å². The zero-order chi connectivity index (χ0) is 9.44. The Bertz CT molecular complexity index is 136. The van der Waals surface area contributed by atoms with E-state index in [4.69, 9.17) is 5.73 Å². The van der Waals surface area contributed by atoms with Crippen LogP contribution in [0.2, 0.25) is 0 Å². The number of halogens is 1. The second-order valence-electron chi connectivity index (χ2n) is 1.90. The summed E-state index contributed by atoms with van der Waals surface area (Å²) in [6, 6.07) is -0.0255. The summed E-state index contributed by atoms with van der Waals surface area (Å²) >= 11 is 4.64. The first kappa shape index (κ1) is 13.1. The maximum atomic E-state index is 10.4. The van der Waals surface area contributed by atoms with Crippen LogP contribution in [0.25, 0.3) is 0 Å². The zero-order valence-corrected chi connectivity index (χ0v) is 7.90. The first-order valence-corrected chi connectivity index (χ1v) is 3.88. The van der Waals surface area contributed by atoms with Gasteiger partial charge in [0.1, 0.15) is 0 Å². The molecule has 0 aliphatic heterocycles. The van der Waals surface area contributed by atoms with E-state index in [9.17, 15) is 4.79 Å². The average molecular weight is 179 g/mol. The molecule has 0 heterocycles. The number of carbonyl (C=O) groups is 1. The fourth-order valence-corrected chi connectivity index (χ4v) is 0.388. The van der Waals surface area contributed by atoms with E-state index in [1.807, 2.05) is 6.92 Å². The minimum absolute atomic E-state index is 0.0255. The lowest BCUT2D eigenvalue weighted by atomic mass is 10.1. The van der Waals surface area contributed by atoms with Crippen molar-refractivity contribution in [3.63, 3.8) is 0 Å². The van der Waals surface area contributed by atoms with Crippen molar-refractivity contribution in [2.45, 2.75) is 13.0 Å². The van der Waals surface area contributed by atoms with Crippen molar-refractivity contribution >= 4 is 17.5 Å². The molecule has 0 aromatic carbocycles. The first-order valence-electron chi connectivity index (χ1n) is 3.13. The van der Waals surface area contributed by atoms with Gasteiger partial charge in [-0.15, -0.1) is 11.6 Å². The van der Waals surface area contributed by atoms with E-state index in [1.165, 1.54) is 6.38 Å². The number of alkyl halides is 1. The molecule has 1 unspecified atom stereocenters. The molecule has 3 N–H and O–H groups in total. The Hall–Kier alpha value is -0.540. The van der Waals surface area contributed by atoms with Crippen LogP contribution in [0, 0.1) is 0 Å². The highest BCUT2D eigenvalue weighted by Crippen LogP contribution is 1.94. The van der Waals surface area contributed by atoms with Crippen LogP contribution >= 0.6 is 11.6 Å². The molecule has 0 aromatic heterocycles. The topological polar surface area (TPSA) is 55.1 Å². The molecule has 0 saturated carbocycles. The van der Waals surface area contributed by atoms with Gasteiger partial charge in [0.25, 0.3) is 0 Å². The van der Waals surface area contributed by atoms with Crippen molar-refractivity contribution in [1.29, 1.82) is 0 Å². The summed E-state index contributed by atoms with van der Waals surface area (Å²) in [6.07, 6.45) is 1.47. The number of hydrogen-bond acceptors (Lipinski definition) is 2. The summed E-state index contributed by atoms with van der Waals surface area (Å²) in [7, 11) is 1.75. The Morgan fingerprint density at radius 2 is 2.00 bits per heavy atom. The van der Waals surface area contributed by atoms with Gasteiger partial charge in [-0.05, 0) is 14.0 Å². The fraction of sp³-hybridized carbons (Fsp3) is 0.571. The third-order valence-electron chi connectivity index (χ3n) is 1.27. The molecule has 1 atom stereocenters. The highest BCUT2D eigenvalue weighted by atomic mass is 35.5. The third-order valence-corrected chi connectivity index (χ3v) is 1.27. The van der Waals surface area contributed by atoms with Crippen LogP contribution in [0.5, 0.6) is 0 Å². The molecule has 0 bridgehead atoms. The van der Waals surface area contributed by atoms with Gasteiger partial charge in [0.15, 0.2) is 0 Å². The predicted molar refractivity (Wildman–Crippen MR) is 48.6 cm³/mol. The molecule has 0 aromatic rings. The van der Waals surface area contributed by atoms with Gasteiger partial charge >= 0.3 is 0 Å². The lowest BCUT2D eigenvalue weighted by Gasteiger charge is -2.08. The zero-order valence-electron chi connectivity index (χ0n) is 7.15. The third kappa shape index (κ3) is 5.88. The molecule has 4 heteroatoms. The van der Waals surface area contributed by atoms with Crippen LogP contribution in [0.15, 0.2) is 12.2 Å². The minimum atomic E-state index is -0.447. The lowest BCUT2D eigenvalue weighted by molar-refractivity contribution is -0.114. The molecule has 0 saturated heterocycles.